The maximum Gasteiger partial charge on any atom is 0.0902 e. The van der Waals surface area contributed by atoms with Crippen LogP contribution in [-0.2, 0) is 4.74 Å². The zero-order valence-corrected chi connectivity index (χ0v) is 11.9. The average Bonchev–Trinajstić information content (AvgIpc) is 2.29. The van der Waals surface area contributed by atoms with E-state index in [1.807, 2.05) is 0 Å². The van der Waals surface area contributed by atoms with Crippen LogP contribution in [0.25, 0.3) is 0 Å². The van der Waals surface area contributed by atoms with Gasteiger partial charge < -0.3 is 15.0 Å². The number of unbranched alkanes of at least 4 members (excludes halogenated alkanes) is 2. The fourth-order valence-electron chi connectivity index (χ4n) is 2.10. The molecule has 1 saturated heterocycles. The van der Waals surface area contributed by atoms with Crippen LogP contribution in [0.15, 0.2) is 0 Å². The molecule has 0 aromatic carbocycles. The van der Waals surface area contributed by atoms with Gasteiger partial charge in [-0.3, -0.25) is 0 Å². The van der Waals surface area contributed by atoms with Gasteiger partial charge in [-0.1, -0.05) is 26.7 Å². The molecule has 0 aromatic rings. The highest BCUT2D eigenvalue weighted by Crippen LogP contribution is 2.14. The van der Waals surface area contributed by atoms with E-state index >= 15 is 0 Å². The Morgan fingerprint density at radius 2 is 1.65 bits per heavy atom. The molecule has 0 spiro atoms. The van der Waals surface area contributed by atoms with Crippen LogP contribution in [0, 0.1) is 0 Å². The van der Waals surface area contributed by atoms with E-state index in [9.17, 15) is 0 Å². The molecule has 102 valence electrons. The van der Waals surface area contributed by atoms with Gasteiger partial charge in [0.2, 0.25) is 0 Å². The second kappa shape index (κ2) is 8.06. The minimum atomic E-state index is 0.112. The van der Waals surface area contributed by atoms with Gasteiger partial charge in [0.1, 0.15) is 0 Å². The third-order valence-electron chi connectivity index (χ3n) is 3.51. The van der Waals surface area contributed by atoms with E-state index in [2.05, 4.69) is 31.0 Å². The van der Waals surface area contributed by atoms with E-state index in [0.717, 1.165) is 26.2 Å². The molecule has 0 amide bonds. The highest BCUT2D eigenvalue weighted by atomic mass is 16.5. The van der Waals surface area contributed by atoms with Crippen LogP contribution in [0.1, 0.15) is 46.5 Å². The van der Waals surface area contributed by atoms with E-state index in [4.69, 9.17) is 4.74 Å². The van der Waals surface area contributed by atoms with Crippen molar-refractivity contribution in [2.45, 2.75) is 52.1 Å². The summed E-state index contributed by atoms with van der Waals surface area (Å²) in [6.45, 7) is 13.2. The van der Waals surface area contributed by atoms with Crippen molar-refractivity contribution in [3.63, 3.8) is 0 Å². The molecule has 0 atom stereocenters. The van der Waals surface area contributed by atoms with Crippen molar-refractivity contribution in [2.75, 3.05) is 39.3 Å². The maximum absolute atomic E-state index is 5.95. The Morgan fingerprint density at radius 3 is 2.06 bits per heavy atom. The van der Waals surface area contributed by atoms with Crippen LogP contribution in [-0.4, -0.2) is 49.8 Å². The first-order valence-corrected chi connectivity index (χ1v) is 7.27. The van der Waals surface area contributed by atoms with Crippen LogP contribution in [0.2, 0.25) is 0 Å². The fourth-order valence-corrected chi connectivity index (χ4v) is 2.10. The predicted octanol–water partition coefficient (Wildman–Crippen LogP) is 2.27. The van der Waals surface area contributed by atoms with Gasteiger partial charge in [0, 0.05) is 19.6 Å². The van der Waals surface area contributed by atoms with Gasteiger partial charge in [-0.25, -0.2) is 0 Å². The number of hydrogen-bond donors (Lipinski definition) is 1. The fraction of sp³-hybridized carbons (Fsp3) is 1.00. The van der Waals surface area contributed by atoms with E-state index in [0.29, 0.717) is 0 Å². The van der Waals surface area contributed by atoms with Crippen LogP contribution >= 0.6 is 0 Å². The summed E-state index contributed by atoms with van der Waals surface area (Å²) in [5.74, 6) is 0. The molecule has 0 aliphatic carbocycles. The number of rotatable bonds is 10. The molecule has 1 heterocycles. The van der Waals surface area contributed by atoms with E-state index in [-0.39, 0.29) is 5.60 Å². The number of nitrogens with one attached hydrogen (secondary N) is 1. The Labute approximate surface area is 107 Å². The Morgan fingerprint density at radius 1 is 1.06 bits per heavy atom. The normalized spacial score (nSPS) is 18.4. The Balaban J connectivity index is 2.12. The maximum atomic E-state index is 5.95. The van der Waals surface area contributed by atoms with Crippen molar-refractivity contribution in [1.29, 1.82) is 0 Å². The lowest BCUT2D eigenvalue weighted by molar-refractivity contribution is -0.0722. The predicted molar refractivity (Wildman–Crippen MR) is 73.5 cm³/mol. The molecule has 1 rings (SSSR count). The number of ether oxygens (including phenoxy) is 1. The highest BCUT2D eigenvalue weighted by Gasteiger charge is 2.32. The molecule has 1 N–H and O–H groups in total. The quantitative estimate of drug-likeness (QED) is 0.636. The van der Waals surface area contributed by atoms with Crippen LogP contribution in [0.4, 0.5) is 0 Å². The zero-order valence-electron chi connectivity index (χ0n) is 11.9. The molecular weight excluding hydrogens is 212 g/mol. The van der Waals surface area contributed by atoms with E-state index in [1.165, 1.54) is 38.8 Å². The van der Waals surface area contributed by atoms with Gasteiger partial charge in [0.25, 0.3) is 0 Å². The number of nitrogens with zero attached hydrogens (tertiary/aromatic N) is 1. The van der Waals surface area contributed by atoms with Crippen molar-refractivity contribution in [3.8, 4) is 0 Å². The Hall–Kier alpha value is -0.120. The summed E-state index contributed by atoms with van der Waals surface area (Å²) in [5, 5.41) is 3.27. The minimum Gasteiger partial charge on any atom is -0.371 e. The molecule has 3 heteroatoms. The topological polar surface area (TPSA) is 24.5 Å². The van der Waals surface area contributed by atoms with Gasteiger partial charge in [0.15, 0.2) is 0 Å². The van der Waals surface area contributed by atoms with Gasteiger partial charge in [-0.2, -0.15) is 0 Å². The Bertz CT molecular complexity index is 185. The number of hydrogen-bond acceptors (Lipinski definition) is 3. The zero-order chi connectivity index (χ0) is 12.6. The lowest BCUT2D eigenvalue weighted by atomic mass is 10.0. The van der Waals surface area contributed by atoms with E-state index in [1.54, 1.807) is 0 Å². The molecule has 1 fully saturated rings. The van der Waals surface area contributed by atoms with Crippen molar-refractivity contribution in [3.05, 3.63) is 0 Å². The summed E-state index contributed by atoms with van der Waals surface area (Å²) in [5.41, 5.74) is 0.112. The highest BCUT2D eigenvalue weighted by molar-refractivity contribution is 4.90. The average molecular weight is 242 g/mol. The van der Waals surface area contributed by atoms with Gasteiger partial charge in [-0.05, 0) is 32.9 Å². The molecule has 0 saturated carbocycles. The molecule has 0 bridgehead atoms. The minimum absolute atomic E-state index is 0.112. The van der Waals surface area contributed by atoms with Crippen molar-refractivity contribution >= 4 is 0 Å². The van der Waals surface area contributed by atoms with Gasteiger partial charge in [0.05, 0.1) is 12.2 Å². The van der Waals surface area contributed by atoms with Crippen molar-refractivity contribution < 1.29 is 4.74 Å². The molecule has 0 radical (unpaired) electrons. The largest absolute Gasteiger partial charge is 0.371 e. The third kappa shape index (κ3) is 5.84. The second-order valence-corrected chi connectivity index (χ2v) is 5.45. The molecule has 0 aromatic heterocycles. The van der Waals surface area contributed by atoms with Crippen LogP contribution in [0.5, 0.6) is 0 Å². The first-order valence-electron chi connectivity index (χ1n) is 7.27. The SMILES string of the molecule is CCCCN(CCCC)CCOC1(C)CNC1. The molecule has 1 aliphatic rings. The molecule has 3 nitrogen and oxygen atoms in total. The molecular formula is C14H30N2O. The summed E-state index contributed by atoms with van der Waals surface area (Å²) in [6, 6.07) is 0. The standard InChI is InChI=1S/C14H30N2O/c1-4-6-8-16(9-7-5-2)10-11-17-14(3)12-15-13-14/h15H,4-13H2,1-3H3. The third-order valence-corrected chi connectivity index (χ3v) is 3.51. The van der Waals surface area contributed by atoms with Gasteiger partial charge >= 0.3 is 0 Å². The summed E-state index contributed by atoms with van der Waals surface area (Å²) in [7, 11) is 0. The summed E-state index contributed by atoms with van der Waals surface area (Å²) in [6.07, 6.45) is 5.18. The second-order valence-electron chi connectivity index (χ2n) is 5.45. The monoisotopic (exact) mass is 242 g/mol. The smallest absolute Gasteiger partial charge is 0.0902 e. The summed E-state index contributed by atoms with van der Waals surface area (Å²) < 4.78 is 5.95. The van der Waals surface area contributed by atoms with E-state index < -0.39 is 0 Å². The van der Waals surface area contributed by atoms with Crippen LogP contribution in [0.3, 0.4) is 0 Å². The molecule has 0 unspecified atom stereocenters. The first-order chi connectivity index (χ1) is 8.20. The van der Waals surface area contributed by atoms with Gasteiger partial charge in [-0.15, -0.1) is 0 Å². The summed E-state index contributed by atoms with van der Waals surface area (Å²) >= 11 is 0. The lowest BCUT2D eigenvalue weighted by Gasteiger charge is -2.39. The van der Waals surface area contributed by atoms with Crippen LogP contribution < -0.4 is 5.32 Å². The Kier molecular flexibility index (Phi) is 7.09. The van der Waals surface area contributed by atoms with Crippen molar-refractivity contribution in [1.82, 2.24) is 10.2 Å². The van der Waals surface area contributed by atoms with Crippen molar-refractivity contribution in [2.24, 2.45) is 0 Å². The first kappa shape index (κ1) is 14.9. The lowest BCUT2D eigenvalue weighted by Crippen LogP contribution is -2.59. The summed E-state index contributed by atoms with van der Waals surface area (Å²) in [4.78, 5) is 2.56. The molecule has 1 aliphatic heterocycles. The molecule has 17 heavy (non-hydrogen) atoms.